The molecule has 0 bridgehead atoms. The van der Waals surface area contributed by atoms with Crippen molar-refractivity contribution in [2.45, 2.75) is 32.9 Å². The first kappa shape index (κ1) is 16.6. The number of carboxylic acids is 1. The molecule has 0 unspecified atom stereocenters. The lowest BCUT2D eigenvalue weighted by atomic mass is 10.0. The molecule has 1 aromatic rings. The van der Waals surface area contributed by atoms with Gasteiger partial charge in [-0.15, -0.1) is 0 Å². The molecule has 1 N–H and O–H groups in total. The van der Waals surface area contributed by atoms with Crippen LogP contribution < -0.4 is 0 Å². The molecule has 6 nitrogen and oxygen atoms in total. The van der Waals surface area contributed by atoms with Crippen molar-refractivity contribution in [2.75, 3.05) is 6.54 Å². The standard InChI is InChI=1S/C13H17BrN2O4/c1-4-15(13(2,3)12(17)18)8-9-6-5-7-10(11(9)14)16(19)20/h5-7H,4,8H2,1-3H3,(H,17,18). The zero-order valence-corrected chi connectivity index (χ0v) is 13.2. The number of nitro benzene ring substituents is 1. The van der Waals surface area contributed by atoms with Crippen molar-refractivity contribution >= 4 is 27.6 Å². The van der Waals surface area contributed by atoms with Crippen molar-refractivity contribution in [2.24, 2.45) is 0 Å². The Labute approximate surface area is 125 Å². The molecule has 0 radical (unpaired) electrons. The van der Waals surface area contributed by atoms with Crippen LogP contribution in [0.5, 0.6) is 0 Å². The highest BCUT2D eigenvalue weighted by Gasteiger charge is 2.34. The van der Waals surface area contributed by atoms with Crippen LogP contribution in [0.15, 0.2) is 22.7 Å². The van der Waals surface area contributed by atoms with E-state index in [0.29, 0.717) is 23.1 Å². The highest BCUT2D eigenvalue weighted by Crippen LogP contribution is 2.30. The molecular weight excluding hydrogens is 328 g/mol. The topological polar surface area (TPSA) is 83.7 Å². The lowest BCUT2D eigenvalue weighted by Gasteiger charge is -2.34. The molecule has 1 aromatic carbocycles. The predicted molar refractivity (Wildman–Crippen MR) is 78.6 cm³/mol. The second-order valence-corrected chi connectivity index (χ2v) is 5.68. The van der Waals surface area contributed by atoms with Gasteiger partial charge in [-0.1, -0.05) is 19.1 Å². The van der Waals surface area contributed by atoms with Crippen LogP contribution in [0.25, 0.3) is 0 Å². The molecule has 0 spiro atoms. The van der Waals surface area contributed by atoms with Crippen LogP contribution in [0.2, 0.25) is 0 Å². The molecule has 0 saturated heterocycles. The van der Waals surface area contributed by atoms with Crippen molar-refractivity contribution in [3.63, 3.8) is 0 Å². The summed E-state index contributed by atoms with van der Waals surface area (Å²) >= 11 is 3.23. The smallest absolute Gasteiger partial charge is 0.323 e. The predicted octanol–water partition coefficient (Wildman–Crippen LogP) is 3.04. The number of nitro groups is 1. The Morgan fingerprint density at radius 3 is 2.55 bits per heavy atom. The lowest BCUT2D eigenvalue weighted by molar-refractivity contribution is -0.385. The normalized spacial score (nSPS) is 11.7. The Hall–Kier alpha value is -1.47. The van der Waals surface area contributed by atoms with E-state index in [1.807, 2.05) is 6.92 Å². The number of likely N-dealkylation sites (N-methyl/N-ethyl adjacent to an activating group) is 1. The van der Waals surface area contributed by atoms with Crippen molar-refractivity contribution in [1.82, 2.24) is 4.90 Å². The van der Waals surface area contributed by atoms with Gasteiger partial charge in [0.1, 0.15) is 5.54 Å². The number of carboxylic acid groups (broad SMARTS) is 1. The maximum Gasteiger partial charge on any atom is 0.323 e. The fraction of sp³-hybridized carbons (Fsp3) is 0.462. The summed E-state index contributed by atoms with van der Waals surface area (Å²) in [6.07, 6.45) is 0. The van der Waals surface area contributed by atoms with Crippen LogP contribution >= 0.6 is 15.9 Å². The minimum atomic E-state index is -1.04. The maximum atomic E-state index is 11.3. The van der Waals surface area contributed by atoms with Gasteiger partial charge in [-0.2, -0.15) is 0 Å². The summed E-state index contributed by atoms with van der Waals surface area (Å²) in [4.78, 5) is 23.5. The van der Waals surface area contributed by atoms with Crippen LogP contribution in [0.3, 0.4) is 0 Å². The van der Waals surface area contributed by atoms with Gasteiger partial charge >= 0.3 is 5.97 Å². The van der Waals surface area contributed by atoms with E-state index < -0.39 is 16.4 Å². The maximum absolute atomic E-state index is 11.3. The van der Waals surface area contributed by atoms with E-state index in [1.54, 1.807) is 30.9 Å². The number of hydrogen-bond donors (Lipinski definition) is 1. The summed E-state index contributed by atoms with van der Waals surface area (Å²) in [6.45, 7) is 5.93. The van der Waals surface area contributed by atoms with Crippen molar-refractivity contribution < 1.29 is 14.8 Å². The van der Waals surface area contributed by atoms with Gasteiger partial charge in [-0.05, 0) is 41.9 Å². The largest absolute Gasteiger partial charge is 0.480 e. The molecule has 0 fully saturated rings. The van der Waals surface area contributed by atoms with E-state index in [1.165, 1.54) is 6.07 Å². The Balaban J connectivity index is 3.12. The number of aliphatic carboxylic acids is 1. The number of benzene rings is 1. The van der Waals surface area contributed by atoms with Crippen LogP contribution in [0.1, 0.15) is 26.3 Å². The molecule has 0 saturated carbocycles. The third kappa shape index (κ3) is 3.34. The van der Waals surface area contributed by atoms with Gasteiger partial charge in [0.15, 0.2) is 0 Å². The van der Waals surface area contributed by atoms with Crippen LogP contribution in [-0.2, 0) is 11.3 Å². The summed E-state index contributed by atoms with van der Waals surface area (Å²) < 4.78 is 0.393. The number of hydrogen-bond acceptors (Lipinski definition) is 4. The highest BCUT2D eigenvalue weighted by molar-refractivity contribution is 9.10. The van der Waals surface area contributed by atoms with Gasteiger partial charge < -0.3 is 5.11 Å². The van der Waals surface area contributed by atoms with E-state index in [4.69, 9.17) is 0 Å². The van der Waals surface area contributed by atoms with Crippen molar-refractivity contribution in [3.05, 3.63) is 38.3 Å². The Bertz CT molecular complexity index is 531. The summed E-state index contributed by atoms with van der Waals surface area (Å²) in [5.41, 5.74) is -0.374. The molecule has 20 heavy (non-hydrogen) atoms. The molecule has 0 aliphatic rings. The van der Waals surface area contributed by atoms with E-state index in [-0.39, 0.29) is 5.69 Å². The minimum Gasteiger partial charge on any atom is -0.480 e. The van der Waals surface area contributed by atoms with Crippen LogP contribution in [-0.4, -0.2) is 33.0 Å². The van der Waals surface area contributed by atoms with Gasteiger partial charge in [-0.25, -0.2) is 0 Å². The Kier molecular flexibility index (Phi) is 5.24. The zero-order chi connectivity index (χ0) is 15.5. The summed E-state index contributed by atoms with van der Waals surface area (Å²) in [7, 11) is 0. The molecule has 0 atom stereocenters. The third-order valence-corrected chi connectivity index (χ3v) is 4.23. The van der Waals surface area contributed by atoms with E-state index >= 15 is 0 Å². The quantitative estimate of drug-likeness (QED) is 0.633. The van der Waals surface area contributed by atoms with Crippen molar-refractivity contribution in [1.29, 1.82) is 0 Å². The van der Waals surface area contributed by atoms with Crippen molar-refractivity contribution in [3.8, 4) is 0 Å². The SMILES string of the molecule is CCN(Cc1cccc([N+](=O)[O-])c1Br)C(C)(C)C(=O)O. The first-order valence-electron chi connectivity index (χ1n) is 6.12. The van der Waals surface area contributed by atoms with Gasteiger partial charge in [-0.3, -0.25) is 19.8 Å². The van der Waals surface area contributed by atoms with Gasteiger partial charge in [0, 0.05) is 12.6 Å². The molecule has 0 aliphatic heterocycles. The minimum absolute atomic E-state index is 0.0216. The molecule has 0 amide bonds. The van der Waals surface area contributed by atoms with Crippen LogP contribution in [0.4, 0.5) is 5.69 Å². The summed E-state index contributed by atoms with van der Waals surface area (Å²) in [5, 5.41) is 20.2. The molecular formula is C13H17BrN2O4. The van der Waals surface area contributed by atoms with E-state index in [0.717, 1.165) is 0 Å². The molecule has 0 aromatic heterocycles. The summed E-state index contributed by atoms with van der Waals surface area (Å²) in [6, 6.07) is 4.75. The average Bonchev–Trinajstić information content (AvgIpc) is 2.36. The van der Waals surface area contributed by atoms with Crippen LogP contribution in [0, 0.1) is 10.1 Å². The first-order chi connectivity index (χ1) is 9.21. The third-order valence-electron chi connectivity index (χ3n) is 3.31. The van der Waals surface area contributed by atoms with Gasteiger partial charge in [0.05, 0.1) is 9.40 Å². The van der Waals surface area contributed by atoms with E-state index in [2.05, 4.69) is 15.9 Å². The Morgan fingerprint density at radius 2 is 2.10 bits per heavy atom. The number of nitrogens with zero attached hydrogens (tertiary/aromatic N) is 2. The Morgan fingerprint density at radius 1 is 1.50 bits per heavy atom. The number of carbonyl (C=O) groups is 1. The highest BCUT2D eigenvalue weighted by atomic mass is 79.9. The second kappa shape index (κ2) is 6.32. The summed E-state index contributed by atoms with van der Waals surface area (Å²) in [5.74, 6) is -0.930. The van der Waals surface area contributed by atoms with Gasteiger partial charge in [0.2, 0.25) is 0 Å². The fourth-order valence-electron chi connectivity index (χ4n) is 1.87. The molecule has 7 heteroatoms. The fourth-order valence-corrected chi connectivity index (χ4v) is 2.41. The van der Waals surface area contributed by atoms with Gasteiger partial charge in [0.25, 0.3) is 5.69 Å². The molecule has 1 rings (SSSR count). The molecule has 0 heterocycles. The number of rotatable bonds is 6. The zero-order valence-electron chi connectivity index (χ0n) is 11.6. The molecule has 110 valence electrons. The lowest BCUT2D eigenvalue weighted by Crippen LogP contribution is -2.49. The monoisotopic (exact) mass is 344 g/mol. The molecule has 0 aliphatic carbocycles. The second-order valence-electron chi connectivity index (χ2n) is 4.89. The first-order valence-corrected chi connectivity index (χ1v) is 6.91. The average molecular weight is 345 g/mol. The number of halogens is 1. The van der Waals surface area contributed by atoms with E-state index in [9.17, 15) is 20.0 Å².